The average Bonchev–Trinajstić information content (AvgIpc) is 1.30. The van der Waals surface area contributed by atoms with Gasteiger partial charge in [-0.1, -0.05) is 256 Å². The molecule has 14 aromatic rings. The molecule has 0 radical (unpaired) electrons. The lowest BCUT2D eigenvalue weighted by Gasteiger charge is -2.48. The predicted molar refractivity (Wildman–Crippen MR) is 409 cm³/mol. The lowest BCUT2D eigenvalue weighted by molar-refractivity contribution is 0.466. The number of benzene rings is 13. The van der Waals surface area contributed by atoms with Crippen molar-refractivity contribution >= 4 is 102 Å². The molecule has 466 valence electrons. The number of hydrogen-bond donors (Lipinski definition) is 0. The summed E-state index contributed by atoms with van der Waals surface area (Å²) < 4.78 is 21.9. The molecular formula is C90H72B2N2O3. The molecule has 0 aliphatic carbocycles. The van der Waals surface area contributed by atoms with Gasteiger partial charge in [-0.15, -0.1) is 0 Å². The van der Waals surface area contributed by atoms with Gasteiger partial charge in [-0.25, -0.2) is 0 Å². The third-order valence-corrected chi connectivity index (χ3v) is 20.8. The maximum absolute atomic E-state index is 7.88. The molecule has 4 aliphatic rings. The van der Waals surface area contributed by atoms with Crippen molar-refractivity contribution in [3.63, 3.8) is 0 Å². The van der Waals surface area contributed by atoms with E-state index in [0.717, 1.165) is 162 Å². The highest BCUT2D eigenvalue weighted by molar-refractivity contribution is 7.02. The molecule has 0 saturated heterocycles. The van der Waals surface area contributed by atoms with Crippen molar-refractivity contribution in [1.82, 2.24) is 0 Å². The van der Waals surface area contributed by atoms with Crippen LogP contribution in [0, 0.1) is 0 Å². The van der Waals surface area contributed by atoms with Crippen molar-refractivity contribution < 1.29 is 13.9 Å². The molecule has 0 unspecified atom stereocenters. The molecule has 4 aliphatic heterocycles. The number of rotatable bonds is 7. The second-order valence-corrected chi connectivity index (χ2v) is 29.9. The number of furan rings is 1. The molecule has 18 rings (SSSR count). The largest absolute Gasteiger partial charge is 0.458 e. The van der Waals surface area contributed by atoms with Gasteiger partial charge in [0.2, 0.25) is 0 Å². The SMILES string of the molecule is CC(C)(C)c1cc(-c2ccccc2)c(N2c3ccc(-c4ccc5oc6ccccc6c5c4)cc3B3c4cc5c6c(c4N(c4c(-c7ccccc7)cc(C(C)(C)C)cc4-c4ccccc4)c4cc(C(C)(C)C)cc2c43)Oc2ccccc2B6c2ccccc2O5)c(-c2ccccc2)c1. The van der Waals surface area contributed by atoms with E-state index in [1.165, 1.54) is 22.2 Å². The summed E-state index contributed by atoms with van der Waals surface area (Å²) in [6, 6.07) is 102. The van der Waals surface area contributed by atoms with Gasteiger partial charge in [0.15, 0.2) is 0 Å². The van der Waals surface area contributed by atoms with Crippen LogP contribution in [0.25, 0.3) is 77.6 Å². The minimum atomic E-state index is -0.375. The third kappa shape index (κ3) is 9.37. The first kappa shape index (κ1) is 58.6. The summed E-state index contributed by atoms with van der Waals surface area (Å²) in [7, 11) is 0. The molecule has 0 bridgehead atoms. The van der Waals surface area contributed by atoms with Crippen LogP contribution in [0.4, 0.5) is 34.1 Å². The van der Waals surface area contributed by atoms with E-state index in [0.29, 0.717) is 0 Å². The third-order valence-electron chi connectivity index (χ3n) is 20.8. The Morgan fingerprint density at radius 3 is 1.24 bits per heavy atom. The molecule has 5 nitrogen and oxygen atoms in total. The van der Waals surface area contributed by atoms with Gasteiger partial charge in [0.05, 0.1) is 17.1 Å². The summed E-state index contributed by atoms with van der Waals surface area (Å²) in [6.07, 6.45) is 0. The lowest BCUT2D eigenvalue weighted by Crippen LogP contribution is -2.63. The molecular weight excluding hydrogens is 1180 g/mol. The van der Waals surface area contributed by atoms with Crippen LogP contribution in [0.3, 0.4) is 0 Å². The monoisotopic (exact) mass is 1250 g/mol. The number of para-hydroxylation sites is 3. The van der Waals surface area contributed by atoms with Crippen LogP contribution in [-0.4, -0.2) is 13.4 Å². The minimum Gasteiger partial charge on any atom is -0.458 e. The molecule has 1 aromatic heterocycles. The highest BCUT2D eigenvalue weighted by Crippen LogP contribution is 2.57. The summed E-state index contributed by atoms with van der Waals surface area (Å²) >= 11 is 0. The van der Waals surface area contributed by atoms with Crippen LogP contribution >= 0.6 is 0 Å². The fourth-order valence-electron chi connectivity index (χ4n) is 15.9. The van der Waals surface area contributed by atoms with Crippen molar-refractivity contribution in [2.75, 3.05) is 9.80 Å². The summed E-state index contributed by atoms with van der Waals surface area (Å²) in [5.74, 6) is 3.28. The van der Waals surface area contributed by atoms with Crippen LogP contribution in [0.5, 0.6) is 23.0 Å². The van der Waals surface area contributed by atoms with Crippen LogP contribution in [0.15, 0.2) is 277 Å². The van der Waals surface area contributed by atoms with Gasteiger partial charge >= 0.3 is 0 Å². The standard InChI is InChI=1S/C90H72B2N2O3/c1-88(2,3)61-48-65(55-28-14-10-15-29-55)84(66(49-61)56-30-16-11-17-31-56)93-74-44-42-60(59-43-45-78-69(46-59)64-36-22-25-39-77(64)95-78)47-72(74)92-73-54-81-83-87(97-80-41-27-24-38-71(80)91(83)70-37-23-26-40-79(70)96-81)86(73)94(76-53-63(90(7,8)9)52-75(93)82(76)92)85-67(57-32-18-12-19-33-57)50-62(89(4,5)6)51-68(85)58-34-20-13-21-35-58/h10-54H,1-9H3. The van der Waals surface area contributed by atoms with Crippen molar-refractivity contribution in [3.8, 4) is 78.6 Å². The van der Waals surface area contributed by atoms with Gasteiger partial charge < -0.3 is 23.7 Å². The van der Waals surface area contributed by atoms with Crippen LogP contribution in [-0.2, 0) is 16.2 Å². The topological polar surface area (TPSA) is 38.1 Å². The molecule has 0 amide bonds. The van der Waals surface area contributed by atoms with E-state index in [1.54, 1.807) is 0 Å². The van der Waals surface area contributed by atoms with Gasteiger partial charge in [-0.05, 0) is 172 Å². The van der Waals surface area contributed by atoms with E-state index in [1.807, 2.05) is 0 Å². The highest BCUT2D eigenvalue weighted by Gasteiger charge is 2.51. The minimum absolute atomic E-state index is 0.186. The van der Waals surface area contributed by atoms with Crippen molar-refractivity contribution in [2.24, 2.45) is 0 Å². The zero-order chi connectivity index (χ0) is 65.8. The molecule has 0 atom stereocenters. The van der Waals surface area contributed by atoms with Gasteiger partial charge in [0.1, 0.15) is 34.2 Å². The van der Waals surface area contributed by atoms with Crippen molar-refractivity contribution in [2.45, 2.75) is 78.6 Å². The maximum atomic E-state index is 7.88. The number of ether oxygens (including phenoxy) is 2. The Morgan fingerprint density at radius 2 is 0.701 bits per heavy atom. The van der Waals surface area contributed by atoms with Gasteiger partial charge in [0.25, 0.3) is 13.4 Å². The first-order valence-corrected chi connectivity index (χ1v) is 34.2. The molecule has 13 aromatic carbocycles. The Balaban J connectivity index is 1.05. The quantitative estimate of drug-likeness (QED) is 0.149. The fourth-order valence-corrected chi connectivity index (χ4v) is 15.9. The Hall–Kier alpha value is -11.0. The number of nitrogens with zero attached hydrogens (tertiary/aromatic N) is 2. The average molecular weight is 1250 g/mol. The van der Waals surface area contributed by atoms with E-state index in [9.17, 15) is 0 Å². The van der Waals surface area contributed by atoms with E-state index in [-0.39, 0.29) is 29.7 Å². The Labute approximate surface area is 569 Å². The normalized spacial score (nSPS) is 13.5. The number of fused-ring (bicyclic) bond motifs is 12. The number of anilines is 6. The lowest BCUT2D eigenvalue weighted by atomic mass is 9.31. The van der Waals surface area contributed by atoms with E-state index < -0.39 is 0 Å². The van der Waals surface area contributed by atoms with Crippen molar-refractivity contribution in [1.29, 1.82) is 0 Å². The van der Waals surface area contributed by atoms with Crippen LogP contribution in [0.1, 0.15) is 79.0 Å². The summed E-state index contributed by atoms with van der Waals surface area (Å²) in [5, 5.41) is 2.18. The summed E-state index contributed by atoms with van der Waals surface area (Å²) in [5.41, 5.74) is 29.1. The molecule has 0 saturated carbocycles. The second-order valence-electron chi connectivity index (χ2n) is 29.9. The highest BCUT2D eigenvalue weighted by atomic mass is 16.5. The van der Waals surface area contributed by atoms with E-state index in [4.69, 9.17) is 13.9 Å². The Kier molecular flexibility index (Phi) is 13.1. The van der Waals surface area contributed by atoms with Crippen LogP contribution < -0.4 is 52.1 Å². The molecule has 7 heteroatoms. The summed E-state index contributed by atoms with van der Waals surface area (Å²) in [4.78, 5) is 5.34. The van der Waals surface area contributed by atoms with Crippen LogP contribution in [0.2, 0.25) is 0 Å². The zero-order valence-electron chi connectivity index (χ0n) is 56.3. The fraction of sp³-hybridized carbons (Fsp3) is 0.133. The first-order valence-electron chi connectivity index (χ1n) is 34.2. The van der Waals surface area contributed by atoms with Crippen molar-refractivity contribution in [3.05, 3.63) is 290 Å². The number of hydrogen-bond acceptors (Lipinski definition) is 5. The zero-order valence-corrected chi connectivity index (χ0v) is 56.3. The van der Waals surface area contributed by atoms with Gasteiger partial charge in [-0.3, -0.25) is 0 Å². The molecule has 0 N–H and O–H groups in total. The Bertz CT molecular complexity index is 5410. The molecule has 97 heavy (non-hydrogen) atoms. The van der Waals surface area contributed by atoms with Gasteiger partial charge in [0, 0.05) is 55.6 Å². The molecule has 0 spiro atoms. The second kappa shape index (κ2) is 21.8. The predicted octanol–water partition coefficient (Wildman–Crippen LogP) is 20.6. The molecule has 0 fully saturated rings. The van der Waals surface area contributed by atoms with E-state index >= 15 is 0 Å². The smallest absolute Gasteiger partial charge is 0.260 e. The summed E-state index contributed by atoms with van der Waals surface area (Å²) in [6.45, 7) is 20.6. The Morgan fingerprint density at radius 1 is 0.278 bits per heavy atom. The maximum Gasteiger partial charge on any atom is 0.260 e. The van der Waals surface area contributed by atoms with E-state index in [2.05, 4.69) is 345 Å². The molecule has 5 heterocycles. The first-order chi connectivity index (χ1) is 47.0. The van der Waals surface area contributed by atoms with Gasteiger partial charge in [-0.2, -0.15) is 0 Å².